The number of nitrogens with zero attached hydrogens (tertiary/aromatic N) is 3. The van der Waals surface area contributed by atoms with Gasteiger partial charge in [-0.3, -0.25) is 30.4 Å². The summed E-state index contributed by atoms with van der Waals surface area (Å²) in [6, 6.07) is 3.61. The Kier molecular flexibility index (Phi) is 7.97. The largest absolute Gasteiger partial charge is 0.381 e. The van der Waals surface area contributed by atoms with Crippen molar-refractivity contribution in [3.63, 3.8) is 0 Å². The molecule has 0 bridgehead atoms. The first kappa shape index (κ1) is 27.1. The lowest BCUT2D eigenvalue weighted by atomic mass is 9.89. The van der Waals surface area contributed by atoms with Crippen LogP contribution in [0.5, 0.6) is 0 Å². The summed E-state index contributed by atoms with van der Waals surface area (Å²) in [6.07, 6.45) is -0.722. The Bertz CT molecular complexity index is 1130. The van der Waals surface area contributed by atoms with Crippen molar-refractivity contribution >= 4 is 29.1 Å². The SMILES string of the molecule is CN1NC(=NCc2cccc(C(F)F)c2F)/C(=C/C(=N)C2CCN(C(=O)C(C)(C)O)CC2)C(=N)C1=O. The fourth-order valence-electron chi connectivity index (χ4n) is 4.04. The van der Waals surface area contributed by atoms with Crippen LogP contribution in [0, 0.1) is 22.6 Å². The molecule has 1 aromatic rings. The van der Waals surface area contributed by atoms with Crippen molar-refractivity contribution in [3.05, 3.63) is 46.8 Å². The van der Waals surface area contributed by atoms with Gasteiger partial charge < -0.3 is 15.4 Å². The number of likely N-dealkylation sites (tertiary alicyclic amines) is 1. The quantitative estimate of drug-likeness (QED) is 0.442. The van der Waals surface area contributed by atoms with Crippen molar-refractivity contribution in [2.24, 2.45) is 10.9 Å². The standard InChI is InChI=1S/C24H29F3N6O3/c1-24(2,36)23(35)33-9-7-13(8-10-33)17(28)11-16-19(29)22(34)32(3)31-21(16)30-12-14-5-4-6-15(18(14)25)20(26)27/h4-6,11,13,20,28-29,36H,7-10,12H2,1-3H3,(H,30,31)/b16-11+,28-17?,29-19?. The number of carbonyl (C=O) groups is 2. The van der Waals surface area contributed by atoms with Gasteiger partial charge in [-0.2, -0.15) is 0 Å². The van der Waals surface area contributed by atoms with Crippen molar-refractivity contribution in [1.29, 1.82) is 10.8 Å². The van der Waals surface area contributed by atoms with E-state index in [0.29, 0.717) is 25.9 Å². The monoisotopic (exact) mass is 506 g/mol. The van der Waals surface area contributed by atoms with E-state index < -0.39 is 40.9 Å². The second-order valence-electron chi connectivity index (χ2n) is 9.28. The molecule has 2 saturated heterocycles. The van der Waals surface area contributed by atoms with Gasteiger partial charge in [0, 0.05) is 37.3 Å². The zero-order valence-electron chi connectivity index (χ0n) is 20.2. The molecule has 1 aromatic carbocycles. The number of aliphatic imine (C=N–C) groups is 1. The van der Waals surface area contributed by atoms with Gasteiger partial charge in [0.1, 0.15) is 23.0 Å². The fourth-order valence-corrected chi connectivity index (χ4v) is 4.04. The highest BCUT2D eigenvalue weighted by Crippen LogP contribution is 2.25. The molecule has 2 fully saturated rings. The second kappa shape index (κ2) is 10.6. The van der Waals surface area contributed by atoms with Crippen LogP contribution in [0.2, 0.25) is 0 Å². The molecule has 0 atom stereocenters. The van der Waals surface area contributed by atoms with Gasteiger partial charge in [0.25, 0.3) is 18.2 Å². The highest BCUT2D eigenvalue weighted by Gasteiger charge is 2.34. The lowest BCUT2D eigenvalue weighted by Gasteiger charge is -2.35. The van der Waals surface area contributed by atoms with E-state index in [1.165, 1.54) is 44.0 Å². The number of amides is 2. The molecule has 0 radical (unpaired) electrons. The number of carbonyl (C=O) groups excluding carboxylic acids is 2. The van der Waals surface area contributed by atoms with Crippen LogP contribution in [-0.2, 0) is 16.1 Å². The molecule has 36 heavy (non-hydrogen) atoms. The third-order valence-corrected chi connectivity index (χ3v) is 6.11. The van der Waals surface area contributed by atoms with Gasteiger partial charge in [0.05, 0.1) is 17.7 Å². The molecule has 2 aliphatic heterocycles. The topological polar surface area (TPSA) is 133 Å². The predicted octanol–water partition coefficient (Wildman–Crippen LogP) is 2.61. The van der Waals surface area contributed by atoms with Gasteiger partial charge >= 0.3 is 0 Å². The molecule has 2 aliphatic rings. The van der Waals surface area contributed by atoms with Gasteiger partial charge in [-0.25, -0.2) is 13.2 Å². The maximum absolute atomic E-state index is 14.4. The van der Waals surface area contributed by atoms with Crippen molar-refractivity contribution in [1.82, 2.24) is 15.3 Å². The summed E-state index contributed by atoms with van der Waals surface area (Å²) in [5.74, 6) is -2.35. The van der Waals surface area contributed by atoms with Crippen LogP contribution in [0.4, 0.5) is 13.2 Å². The van der Waals surface area contributed by atoms with Crippen molar-refractivity contribution < 1.29 is 27.9 Å². The minimum atomic E-state index is -2.98. The van der Waals surface area contributed by atoms with Crippen LogP contribution in [0.3, 0.4) is 0 Å². The van der Waals surface area contributed by atoms with Crippen molar-refractivity contribution in [2.45, 2.75) is 45.3 Å². The van der Waals surface area contributed by atoms with E-state index >= 15 is 0 Å². The number of benzene rings is 1. The van der Waals surface area contributed by atoms with Crippen molar-refractivity contribution in [3.8, 4) is 0 Å². The summed E-state index contributed by atoms with van der Waals surface area (Å²) in [4.78, 5) is 30.4. The minimum Gasteiger partial charge on any atom is -0.381 e. The van der Waals surface area contributed by atoms with Crippen LogP contribution in [0.15, 0.2) is 34.8 Å². The lowest BCUT2D eigenvalue weighted by Crippen LogP contribution is -2.54. The molecular formula is C24H29F3N6O3. The van der Waals surface area contributed by atoms with E-state index in [1.807, 2.05) is 0 Å². The van der Waals surface area contributed by atoms with E-state index in [-0.39, 0.29) is 35.1 Å². The number of aliphatic hydroxyl groups is 1. The summed E-state index contributed by atoms with van der Waals surface area (Å²) >= 11 is 0. The molecule has 9 nitrogen and oxygen atoms in total. The summed E-state index contributed by atoms with van der Waals surface area (Å²) in [6.45, 7) is 3.19. The number of amidine groups is 1. The maximum atomic E-state index is 14.4. The normalized spacial score (nSPS) is 19.9. The van der Waals surface area contributed by atoms with E-state index in [1.54, 1.807) is 0 Å². The summed E-state index contributed by atoms with van der Waals surface area (Å²) < 4.78 is 40.5. The molecule has 2 heterocycles. The van der Waals surface area contributed by atoms with E-state index in [4.69, 9.17) is 10.8 Å². The summed E-state index contributed by atoms with van der Waals surface area (Å²) in [5.41, 5.74) is 0.130. The van der Waals surface area contributed by atoms with E-state index in [9.17, 15) is 27.9 Å². The number of hydrogen-bond acceptors (Lipinski definition) is 6. The molecule has 3 rings (SSSR count). The maximum Gasteiger partial charge on any atom is 0.290 e. The number of alkyl halides is 2. The van der Waals surface area contributed by atoms with Crippen LogP contribution in [0.1, 0.15) is 44.2 Å². The van der Waals surface area contributed by atoms with Crippen molar-refractivity contribution in [2.75, 3.05) is 20.1 Å². The Morgan fingerprint density at radius 3 is 2.56 bits per heavy atom. The highest BCUT2D eigenvalue weighted by atomic mass is 19.3. The molecule has 0 unspecified atom stereocenters. The van der Waals surface area contributed by atoms with Crippen LogP contribution in [0.25, 0.3) is 0 Å². The average molecular weight is 507 g/mol. The second-order valence-corrected chi connectivity index (χ2v) is 9.28. The third kappa shape index (κ3) is 5.81. The molecule has 4 N–H and O–H groups in total. The number of piperidine rings is 1. The van der Waals surface area contributed by atoms with Gasteiger partial charge in [-0.05, 0) is 32.8 Å². The van der Waals surface area contributed by atoms with Gasteiger partial charge in [0.15, 0.2) is 0 Å². The zero-order chi connectivity index (χ0) is 26.8. The van der Waals surface area contributed by atoms with Crippen LogP contribution < -0.4 is 5.43 Å². The molecule has 0 spiro atoms. The van der Waals surface area contributed by atoms with E-state index in [2.05, 4.69) is 10.4 Å². The van der Waals surface area contributed by atoms with Crippen LogP contribution >= 0.6 is 0 Å². The first-order chi connectivity index (χ1) is 16.8. The molecule has 2 amide bonds. The summed E-state index contributed by atoms with van der Waals surface area (Å²) in [5, 5.41) is 27.8. The first-order valence-electron chi connectivity index (χ1n) is 11.4. The number of allylic oxidation sites excluding steroid dienone is 1. The first-order valence-corrected chi connectivity index (χ1v) is 11.4. The average Bonchev–Trinajstić information content (AvgIpc) is 2.82. The molecule has 12 heteroatoms. The Hall–Kier alpha value is -3.54. The smallest absolute Gasteiger partial charge is 0.290 e. The molecule has 194 valence electrons. The third-order valence-electron chi connectivity index (χ3n) is 6.11. The lowest BCUT2D eigenvalue weighted by molar-refractivity contribution is -0.149. The zero-order valence-corrected chi connectivity index (χ0v) is 20.2. The van der Waals surface area contributed by atoms with Gasteiger partial charge in [-0.1, -0.05) is 18.2 Å². The van der Waals surface area contributed by atoms with E-state index in [0.717, 1.165) is 11.1 Å². The Labute approximate surface area is 206 Å². The molecule has 0 aliphatic carbocycles. The predicted molar refractivity (Wildman–Crippen MR) is 128 cm³/mol. The number of rotatable bonds is 6. The number of halogens is 3. The Morgan fingerprint density at radius 1 is 1.33 bits per heavy atom. The summed E-state index contributed by atoms with van der Waals surface area (Å²) in [7, 11) is 1.38. The number of nitrogens with one attached hydrogen (secondary N) is 3. The number of hydrazine groups is 1. The van der Waals surface area contributed by atoms with Gasteiger partial charge in [-0.15, -0.1) is 0 Å². The van der Waals surface area contributed by atoms with Gasteiger partial charge in [0.2, 0.25) is 0 Å². The highest BCUT2D eigenvalue weighted by molar-refractivity contribution is 6.52. The molecular weight excluding hydrogens is 477 g/mol. The Balaban J connectivity index is 1.82. The fraction of sp³-hybridized carbons (Fsp3) is 0.458. The number of hydrogen-bond donors (Lipinski definition) is 4. The van der Waals surface area contributed by atoms with Crippen LogP contribution in [-0.4, -0.2) is 69.8 Å². The molecule has 0 aromatic heterocycles. The molecule has 0 saturated carbocycles. The Morgan fingerprint density at radius 2 is 1.97 bits per heavy atom. The minimum absolute atomic E-state index is 0.0309.